The van der Waals surface area contributed by atoms with Gasteiger partial charge in [-0.2, -0.15) is 0 Å². The van der Waals surface area contributed by atoms with Crippen LogP contribution in [-0.2, 0) is 4.74 Å². The number of hydrogen-bond donors (Lipinski definition) is 1. The smallest absolute Gasteiger partial charge is 0.252 e. The molecule has 27 heavy (non-hydrogen) atoms. The molecule has 1 aromatic carbocycles. The van der Waals surface area contributed by atoms with Crippen LogP contribution >= 0.6 is 15.9 Å². The van der Waals surface area contributed by atoms with Crippen molar-refractivity contribution in [1.29, 1.82) is 0 Å². The zero-order valence-electron chi connectivity index (χ0n) is 15.0. The molecule has 1 amide bonds. The molecule has 0 spiro atoms. The maximum absolute atomic E-state index is 13.1. The molecular formula is C21H20BrN3O2. The first-order valence-corrected chi connectivity index (χ1v) is 9.84. The molecule has 0 bridgehead atoms. The number of halogens is 1. The van der Waals surface area contributed by atoms with Crippen LogP contribution in [0.1, 0.15) is 30.1 Å². The molecule has 3 aromatic rings. The Bertz CT molecular complexity index is 972. The molecule has 138 valence electrons. The minimum absolute atomic E-state index is 0.0442. The third kappa shape index (κ3) is 3.87. The van der Waals surface area contributed by atoms with E-state index in [2.05, 4.69) is 26.2 Å². The van der Waals surface area contributed by atoms with E-state index in [-0.39, 0.29) is 18.1 Å². The number of hydrogen-bond acceptors (Lipinski definition) is 4. The van der Waals surface area contributed by atoms with Crippen molar-refractivity contribution in [3.05, 3.63) is 58.8 Å². The monoisotopic (exact) mass is 425 g/mol. The Kier molecular flexibility index (Phi) is 5.18. The molecule has 1 saturated heterocycles. The van der Waals surface area contributed by atoms with Crippen LogP contribution in [0.2, 0.25) is 0 Å². The van der Waals surface area contributed by atoms with E-state index in [1.807, 2.05) is 43.3 Å². The zero-order valence-corrected chi connectivity index (χ0v) is 16.6. The van der Waals surface area contributed by atoms with Gasteiger partial charge in [0.2, 0.25) is 0 Å². The molecule has 1 N–H and O–H groups in total. The Labute approximate surface area is 166 Å². The largest absolute Gasteiger partial charge is 0.376 e. The molecule has 0 saturated carbocycles. The van der Waals surface area contributed by atoms with Crippen molar-refractivity contribution in [2.75, 3.05) is 6.61 Å². The number of fused-ring (bicyclic) bond motifs is 1. The van der Waals surface area contributed by atoms with Crippen molar-refractivity contribution in [2.24, 2.45) is 0 Å². The zero-order chi connectivity index (χ0) is 18.8. The number of pyridine rings is 2. The van der Waals surface area contributed by atoms with E-state index in [9.17, 15) is 4.79 Å². The average molecular weight is 426 g/mol. The van der Waals surface area contributed by atoms with Crippen molar-refractivity contribution in [3.63, 3.8) is 0 Å². The Morgan fingerprint density at radius 2 is 2.22 bits per heavy atom. The number of nitrogens with one attached hydrogen (secondary N) is 1. The number of nitrogens with zero attached hydrogens (tertiary/aromatic N) is 2. The van der Waals surface area contributed by atoms with E-state index >= 15 is 0 Å². The highest BCUT2D eigenvalue weighted by atomic mass is 79.9. The quantitative estimate of drug-likeness (QED) is 0.674. The third-order valence-corrected chi connectivity index (χ3v) is 5.35. The standard InChI is InChI=1S/C21H20BrN3O2/c1-13(20-5-3-9-27-20)24-21(26)17-11-19(14-4-2-8-23-12-14)25-18-7-6-15(22)10-16(17)18/h2,4,6-8,10-13,20H,3,5,9H2,1H3,(H,24,26)/t13-,20-/m1/s1. The predicted octanol–water partition coefficient (Wildman–Crippen LogP) is 4.36. The van der Waals surface area contributed by atoms with Crippen LogP contribution in [0.15, 0.2) is 53.3 Å². The summed E-state index contributed by atoms with van der Waals surface area (Å²) in [6, 6.07) is 11.4. The van der Waals surface area contributed by atoms with Gasteiger partial charge in [-0.3, -0.25) is 9.78 Å². The average Bonchev–Trinajstić information content (AvgIpc) is 3.23. The van der Waals surface area contributed by atoms with Gasteiger partial charge in [0.25, 0.3) is 5.91 Å². The normalized spacial score (nSPS) is 17.8. The Morgan fingerprint density at radius 1 is 1.33 bits per heavy atom. The van der Waals surface area contributed by atoms with Gasteiger partial charge in [0.15, 0.2) is 0 Å². The van der Waals surface area contributed by atoms with Gasteiger partial charge in [-0.05, 0) is 56.2 Å². The van der Waals surface area contributed by atoms with Crippen LogP contribution < -0.4 is 5.32 Å². The number of carbonyl (C=O) groups is 1. The van der Waals surface area contributed by atoms with Crippen LogP contribution in [-0.4, -0.2) is 34.6 Å². The molecule has 1 aliphatic heterocycles. The van der Waals surface area contributed by atoms with Gasteiger partial charge >= 0.3 is 0 Å². The fourth-order valence-corrected chi connectivity index (χ4v) is 3.78. The van der Waals surface area contributed by atoms with Crippen molar-refractivity contribution in [1.82, 2.24) is 15.3 Å². The molecule has 1 aliphatic rings. The van der Waals surface area contributed by atoms with Crippen molar-refractivity contribution >= 4 is 32.7 Å². The highest BCUT2D eigenvalue weighted by molar-refractivity contribution is 9.10. The van der Waals surface area contributed by atoms with Gasteiger partial charge in [0.1, 0.15) is 0 Å². The topological polar surface area (TPSA) is 64.1 Å². The summed E-state index contributed by atoms with van der Waals surface area (Å²) in [6.45, 7) is 2.76. The molecule has 0 unspecified atom stereocenters. The lowest BCUT2D eigenvalue weighted by Crippen LogP contribution is -2.40. The van der Waals surface area contributed by atoms with E-state index in [4.69, 9.17) is 9.72 Å². The summed E-state index contributed by atoms with van der Waals surface area (Å²) in [5, 5.41) is 3.92. The van der Waals surface area contributed by atoms with Gasteiger partial charge in [-0.15, -0.1) is 0 Å². The molecule has 3 heterocycles. The summed E-state index contributed by atoms with van der Waals surface area (Å²) >= 11 is 3.49. The lowest BCUT2D eigenvalue weighted by atomic mass is 10.0. The Morgan fingerprint density at radius 3 is 2.96 bits per heavy atom. The number of ether oxygens (including phenoxy) is 1. The lowest BCUT2D eigenvalue weighted by molar-refractivity contribution is 0.0713. The Balaban J connectivity index is 1.75. The molecule has 0 radical (unpaired) electrons. The summed E-state index contributed by atoms with van der Waals surface area (Å²) in [4.78, 5) is 22.0. The maximum Gasteiger partial charge on any atom is 0.252 e. The predicted molar refractivity (Wildman–Crippen MR) is 109 cm³/mol. The highest BCUT2D eigenvalue weighted by Gasteiger charge is 2.25. The van der Waals surface area contributed by atoms with Gasteiger partial charge < -0.3 is 10.1 Å². The first kappa shape index (κ1) is 18.1. The van der Waals surface area contributed by atoms with E-state index in [1.54, 1.807) is 12.4 Å². The van der Waals surface area contributed by atoms with E-state index in [0.717, 1.165) is 46.1 Å². The van der Waals surface area contributed by atoms with Gasteiger partial charge in [0, 0.05) is 34.4 Å². The van der Waals surface area contributed by atoms with Crippen molar-refractivity contribution < 1.29 is 9.53 Å². The number of carbonyl (C=O) groups excluding carboxylic acids is 1. The summed E-state index contributed by atoms with van der Waals surface area (Å²) in [5.41, 5.74) is 2.98. The fourth-order valence-electron chi connectivity index (χ4n) is 3.42. The number of benzene rings is 1. The molecule has 6 heteroatoms. The Hall–Kier alpha value is -2.31. The van der Waals surface area contributed by atoms with Gasteiger partial charge in [0.05, 0.1) is 28.9 Å². The number of aromatic nitrogens is 2. The molecule has 4 rings (SSSR count). The minimum Gasteiger partial charge on any atom is -0.376 e. The first-order chi connectivity index (χ1) is 13.1. The second kappa shape index (κ2) is 7.74. The molecule has 2 aromatic heterocycles. The summed E-state index contributed by atoms with van der Waals surface area (Å²) in [7, 11) is 0. The second-order valence-corrected chi connectivity index (χ2v) is 7.69. The molecule has 5 nitrogen and oxygen atoms in total. The van der Waals surface area contributed by atoms with Crippen LogP contribution in [0.25, 0.3) is 22.2 Å². The SMILES string of the molecule is C[C@@H](NC(=O)c1cc(-c2cccnc2)nc2ccc(Br)cc12)[C@H]1CCCO1. The summed E-state index contributed by atoms with van der Waals surface area (Å²) < 4.78 is 6.62. The fraction of sp³-hybridized carbons (Fsp3) is 0.286. The van der Waals surface area contributed by atoms with Gasteiger partial charge in [-0.1, -0.05) is 15.9 Å². The molecule has 2 atom stereocenters. The second-order valence-electron chi connectivity index (χ2n) is 6.77. The highest BCUT2D eigenvalue weighted by Crippen LogP contribution is 2.27. The maximum atomic E-state index is 13.1. The molecule has 0 aliphatic carbocycles. The van der Waals surface area contributed by atoms with E-state index < -0.39 is 0 Å². The van der Waals surface area contributed by atoms with Gasteiger partial charge in [-0.25, -0.2) is 4.98 Å². The molecular weight excluding hydrogens is 406 g/mol. The van der Waals surface area contributed by atoms with Crippen molar-refractivity contribution in [2.45, 2.75) is 31.9 Å². The number of rotatable bonds is 4. The van der Waals surface area contributed by atoms with Crippen LogP contribution in [0.5, 0.6) is 0 Å². The lowest BCUT2D eigenvalue weighted by Gasteiger charge is -2.20. The summed E-state index contributed by atoms with van der Waals surface area (Å²) in [5.74, 6) is -0.117. The van der Waals surface area contributed by atoms with Crippen LogP contribution in [0, 0.1) is 0 Å². The van der Waals surface area contributed by atoms with Crippen molar-refractivity contribution in [3.8, 4) is 11.3 Å². The van der Waals surface area contributed by atoms with E-state index in [1.165, 1.54) is 0 Å². The minimum atomic E-state index is -0.117. The van der Waals surface area contributed by atoms with E-state index in [0.29, 0.717) is 5.56 Å². The first-order valence-electron chi connectivity index (χ1n) is 9.05. The van der Waals surface area contributed by atoms with Crippen LogP contribution in [0.4, 0.5) is 0 Å². The number of amides is 1. The summed E-state index contributed by atoms with van der Waals surface area (Å²) in [6.07, 6.45) is 5.57. The van der Waals surface area contributed by atoms with Crippen LogP contribution in [0.3, 0.4) is 0 Å². The molecule has 1 fully saturated rings. The third-order valence-electron chi connectivity index (χ3n) is 4.85.